The first-order chi connectivity index (χ1) is 13.4. The van der Waals surface area contributed by atoms with E-state index in [9.17, 15) is 9.59 Å². The number of hydrogen-bond donors (Lipinski definition) is 1. The Labute approximate surface area is 172 Å². The fraction of sp³-hybridized carbons (Fsp3) is 0.600. The summed E-state index contributed by atoms with van der Waals surface area (Å²) in [6, 6.07) is -0.399. The molecule has 10 nitrogen and oxygen atoms in total. The fourth-order valence-electron chi connectivity index (χ4n) is 3.47. The highest BCUT2D eigenvalue weighted by atomic mass is 32.2. The van der Waals surface area contributed by atoms with E-state index in [1.165, 1.54) is 11.0 Å². The van der Waals surface area contributed by atoms with Crippen LogP contribution in [0.4, 0.5) is 0 Å². The van der Waals surface area contributed by atoms with Crippen molar-refractivity contribution in [3.8, 4) is 0 Å². The van der Waals surface area contributed by atoms with Crippen molar-refractivity contribution in [1.82, 2.24) is 40.6 Å². The minimum absolute atomic E-state index is 0.00942. The third kappa shape index (κ3) is 3.70. The smallest absolute Gasteiger partial charge is 0.249 e. The van der Waals surface area contributed by atoms with Crippen LogP contribution in [0, 0.1) is 12.8 Å². The number of fused-ring (bicyclic) bond motifs is 1. The number of carbonyl (C=O) groups excluding carboxylic acids is 2. The molecule has 150 valence electrons. The second kappa shape index (κ2) is 7.87. The van der Waals surface area contributed by atoms with E-state index in [4.69, 9.17) is 0 Å². The van der Waals surface area contributed by atoms with Crippen LogP contribution in [0.3, 0.4) is 0 Å². The predicted octanol–water partition coefficient (Wildman–Crippen LogP) is -0.00238. The van der Waals surface area contributed by atoms with Crippen molar-refractivity contribution in [2.24, 2.45) is 5.92 Å². The van der Waals surface area contributed by atoms with Gasteiger partial charge in [0, 0.05) is 11.8 Å². The van der Waals surface area contributed by atoms with Gasteiger partial charge in [0.2, 0.25) is 11.8 Å². The van der Waals surface area contributed by atoms with E-state index in [1.807, 2.05) is 11.8 Å². The summed E-state index contributed by atoms with van der Waals surface area (Å²) in [6.45, 7) is 4.01. The molecular formula is C15H20N8O2S3. The molecule has 2 fully saturated rings. The number of carbonyl (C=O) groups is 2. The van der Waals surface area contributed by atoms with Crippen molar-refractivity contribution in [3.63, 3.8) is 0 Å². The number of rotatable bonds is 6. The maximum atomic E-state index is 12.7. The molecule has 4 heterocycles. The summed E-state index contributed by atoms with van der Waals surface area (Å²) in [5.41, 5.74) is 0. The van der Waals surface area contributed by atoms with Crippen LogP contribution in [0.5, 0.6) is 0 Å². The van der Waals surface area contributed by atoms with Crippen molar-refractivity contribution in [1.29, 1.82) is 0 Å². The standard InChI is InChI=1S/C15H20N8O2S3/c1-8-10(5-26-15-19-18-9(2)27-15)6-28(3)14-12(13(25)23(8)14)17-11(24)4-22-7-16-20-21-22/h7-8,10,12,14H,3-6H2,1-2H3,(H,17,24)/t8-,10-,12?,14?,28?/m0/s1. The van der Waals surface area contributed by atoms with Gasteiger partial charge in [0.05, 0.1) is 0 Å². The molecule has 0 saturated carbocycles. The van der Waals surface area contributed by atoms with Crippen LogP contribution < -0.4 is 5.32 Å². The van der Waals surface area contributed by atoms with E-state index in [0.29, 0.717) is 5.92 Å². The van der Waals surface area contributed by atoms with Crippen molar-refractivity contribution < 1.29 is 9.59 Å². The average Bonchev–Trinajstić information content (AvgIpc) is 3.31. The molecule has 0 radical (unpaired) electrons. The van der Waals surface area contributed by atoms with Gasteiger partial charge in [-0.05, 0) is 35.9 Å². The lowest BCUT2D eigenvalue weighted by Gasteiger charge is -2.56. The third-order valence-electron chi connectivity index (χ3n) is 4.91. The van der Waals surface area contributed by atoms with Crippen molar-refractivity contribution >= 4 is 51.3 Å². The van der Waals surface area contributed by atoms with E-state index in [0.717, 1.165) is 20.9 Å². The number of hydrogen-bond acceptors (Lipinski definition) is 9. The molecule has 2 aliphatic rings. The zero-order valence-electron chi connectivity index (χ0n) is 15.4. The molecule has 0 bridgehead atoms. The van der Waals surface area contributed by atoms with Crippen LogP contribution in [-0.4, -0.2) is 82.0 Å². The lowest BCUT2D eigenvalue weighted by atomic mass is 9.96. The summed E-state index contributed by atoms with van der Waals surface area (Å²) < 4.78 is 2.28. The predicted molar refractivity (Wildman–Crippen MR) is 108 cm³/mol. The molecule has 2 saturated heterocycles. The first-order valence-electron chi connectivity index (χ1n) is 8.68. The number of tetrazole rings is 1. The van der Waals surface area contributed by atoms with Gasteiger partial charge in [0.25, 0.3) is 0 Å². The number of aromatic nitrogens is 6. The highest BCUT2D eigenvalue weighted by Gasteiger charge is 2.55. The number of β-lactam (4-membered cyclic amide) rings is 1. The highest BCUT2D eigenvalue weighted by molar-refractivity contribution is 8.14. The van der Waals surface area contributed by atoms with Gasteiger partial charge in [0.1, 0.15) is 29.3 Å². The molecular weight excluding hydrogens is 420 g/mol. The minimum Gasteiger partial charge on any atom is -0.340 e. The molecule has 1 N–H and O–H groups in total. The highest BCUT2D eigenvalue weighted by Crippen LogP contribution is 2.45. The number of nitrogens with zero attached hydrogens (tertiary/aromatic N) is 7. The monoisotopic (exact) mass is 440 g/mol. The zero-order valence-corrected chi connectivity index (χ0v) is 17.8. The normalized spacial score (nSPS) is 29.3. The van der Waals surface area contributed by atoms with Gasteiger partial charge >= 0.3 is 0 Å². The van der Waals surface area contributed by atoms with Gasteiger partial charge in [-0.2, -0.15) is 10.5 Å². The zero-order chi connectivity index (χ0) is 19.8. The molecule has 3 unspecified atom stereocenters. The van der Waals surface area contributed by atoms with Gasteiger partial charge in [-0.25, -0.2) is 4.68 Å². The largest absolute Gasteiger partial charge is 0.340 e. The number of aryl methyl sites for hydroxylation is 1. The molecule has 2 aliphatic heterocycles. The van der Waals surface area contributed by atoms with E-state index in [1.54, 1.807) is 23.1 Å². The molecule has 2 aromatic heterocycles. The molecule has 5 atom stereocenters. The number of amides is 2. The summed E-state index contributed by atoms with van der Waals surface area (Å²) in [7, 11) is -0.240. The van der Waals surface area contributed by atoms with Crippen LogP contribution in [0.15, 0.2) is 10.7 Å². The Morgan fingerprint density at radius 3 is 3.00 bits per heavy atom. The molecule has 28 heavy (non-hydrogen) atoms. The molecule has 0 aromatic carbocycles. The van der Waals surface area contributed by atoms with Crippen LogP contribution in [-0.2, 0) is 16.1 Å². The Balaban J connectivity index is 1.36. The SMILES string of the molecule is C=S1C[C@H](CSc2nnc(C)s2)[C@H](C)N2C(=O)C(NC(=O)Cn3cnnn3)C21. The van der Waals surface area contributed by atoms with Gasteiger partial charge in [-0.1, -0.05) is 29.0 Å². The molecule has 2 aromatic rings. The Morgan fingerprint density at radius 1 is 1.50 bits per heavy atom. The van der Waals surface area contributed by atoms with Crippen molar-refractivity contribution in [2.75, 3.05) is 11.5 Å². The van der Waals surface area contributed by atoms with Crippen molar-refractivity contribution in [3.05, 3.63) is 11.3 Å². The van der Waals surface area contributed by atoms with Crippen LogP contribution >= 0.6 is 33.6 Å². The molecule has 0 spiro atoms. The first kappa shape index (κ1) is 19.5. The second-order valence-electron chi connectivity index (χ2n) is 6.79. The summed E-state index contributed by atoms with van der Waals surface area (Å²) in [5.74, 6) is 6.13. The Morgan fingerprint density at radius 2 is 2.32 bits per heavy atom. The average molecular weight is 441 g/mol. The summed E-state index contributed by atoms with van der Waals surface area (Å²) in [6.07, 6.45) is 1.37. The van der Waals surface area contributed by atoms with E-state index in [2.05, 4.69) is 43.8 Å². The Hall–Kier alpha value is -1.86. The fourth-order valence-corrected chi connectivity index (χ4v) is 8.01. The molecule has 2 amide bonds. The number of nitrogens with one attached hydrogen (secondary N) is 1. The molecule has 4 rings (SSSR count). The van der Waals surface area contributed by atoms with E-state index in [-0.39, 0.29) is 40.3 Å². The molecule has 0 aliphatic carbocycles. The second-order valence-corrected chi connectivity index (χ2v) is 11.1. The van der Waals surface area contributed by atoms with E-state index >= 15 is 0 Å². The third-order valence-corrected chi connectivity index (χ3v) is 9.11. The Kier molecular flexibility index (Phi) is 5.47. The van der Waals surface area contributed by atoms with Crippen LogP contribution in [0.2, 0.25) is 0 Å². The lowest BCUT2D eigenvalue weighted by molar-refractivity contribution is -0.153. The van der Waals surface area contributed by atoms with Crippen molar-refractivity contribution in [2.45, 2.75) is 42.2 Å². The minimum atomic E-state index is -0.508. The lowest BCUT2D eigenvalue weighted by Crippen LogP contribution is -2.74. The van der Waals surface area contributed by atoms with Gasteiger partial charge in [-0.3, -0.25) is 9.59 Å². The van der Waals surface area contributed by atoms with Gasteiger partial charge in [0.15, 0.2) is 4.34 Å². The summed E-state index contributed by atoms with van der Waals surface area (Å²) in [4.78, 5) is 26.8. The van der Waals surface area contributed by atoms with Gasteiger partial charge < -0.3 is 10.2 Å². The topological polar surface area (TPSA) is 119 Å². The summed E-state index contributed by atoms with van der Waals surface area (Å²) in [5, 5.41) is 22.6. The first-order valence-corrected chi connectivity index (χ1v) is 12.1. The van der Waals surface area contributed by atoms with Crippen LogP contribution in [0.25, 0.3) is 0 Å². The maximum Gasteiger partial charge on any atom is 0.249 e. The summed E-state index contributed by atoms with van der Waals surface area (Å²) >= 11 is 3.27. The Bertz CT molecular complexity index is 901. The van der Waals surface area contributed by atoms with E-state index < -0.39 is 6.04 Å². The maximum absolute atomic E-state index is 12.7. The molecule has 13 heteroatoms. The van der Waals surface area contributed by atoms with Crippen LogP contribution in [0.1, 0.15) is 11.9 Å². The van der Waals surface area contributed by atoms with Gasteiger partial charge in [-0.15, -0.1) is 15.3 Å². The quantitative estimate of drug-likeness (QED) is 0.379. The number of thioether (sulfide) groups is 1.